The van der Waals surface area contributed by atoms with E-state index in [-0.39, 0.29) is 0 Å². The molecule has 0 saturated heterocycles. The lowest BCUT2D eigenvalue weighted by Crippen LogP contribution is -2.14. The van der Waals surface area contributed by atoms with Crippen LogP contribution in [-0.4, -0.2) is 14.7 Å². The zero-order valence-corrected chi connectivity index (χ0v) is 13.3. The van der Waals surface area contributed by atoms with Gasteiger partial charge in [0.1, 0.15) is 0 Å². The van der Waals surface area contributed by atoms with Gasteiger partial charge in [0.25, 0.3) is 10.0 Å². The van der Waals surface area contributed by atoms with Crippen molar-refractivity contribution in [3.8, 4) is 0 Å². The lowest BCUT2D eigenvalue weighted by Gasteiger charge is -2.13. The smallest absolute Gasteiger partial charge is 0.262 e. The summed E-state index contributed by atoms with van der Waals surface area (Å²) in [4.78, 5) is 1.22. The van der Waals surface area contributed by atoms with Crippen molar-refractivity contribution in [2.24, 2.45) is 0 Å². The fraction of sp³-hybridized carbons (Fsp3) is 0.200. The third kappa shape index (κ3) is 3.16. The molecular formula is C15H17NO2S2. The van der Waals surface area contributed by atoms with Gasteiger partial charge >= 0.3 is 0 Å². The Morgan fingerprint density at radius 2 is 1.75 bits per heavy atom. The van der Waals surface area contributed by atoms with Gasteiger partial charge in [-0.05, 0) is 43.9 Å². The van der Waals surface area contributed by atoms with E-state index in [0.717, 1.165) is 16.0 Å². The van der Waals surface area contributed by atoms with Crippen LogP contribution in [-0.2, 0) is 10.0 Å². The largest absolute Gasteiger partial charge is 0.278 e. The molecule has 0 saturated carbocycles. The second-order valence-corrected chi connectivity index (χ2v) is 7.07. The van der Waals surface area contributed by atoms with Gasteiger partial charge in [-0.1, -0.05) is 29.8 Å². The van der Waals surface area contributed by atoms with E-state index in [9.17, 15) is 8.42 Å². The third-order valence-corrected chi connectivity index (χ3v) is 5.29. The zero-order chi connectivity index (χ0) is 14.8. The molecule has 2 aromatic rings. The van der Waals surface area contributed by atoms with Crippen molar-refractivity contribution in [2.75, 3.05) is 11.0 Å². The van der Waals surface area contributed by atoms with E-state index in [0.29, 0.717) is 10.6 Å². The van der Waals surface area contributed by atoms with Crippen LogP contribution in [0.4, 0.5) is 5.69 Å². The Balaban J connectivity index is 2.41. The quantitative estimate of drug-likeness (QED) is 0.873. The van der Waals surface area contributed by atoms with E-state index < -0.39 is 10.0 Å². The SMILES string of the molecule is CSc1ccccc1NS(=O)(=O)c1ccc(C)cc1C. The molecule has 106 valence electrons. The summed E-state index contributed by atoms with van der Waals surface area (Å²) in [5, 5.41) is 0. The number of anilines is 1. The Hall–Kier alpha value is -1.46. The first kappa shape index (κ1) is 14.9. The summed E-state index contributed by atoms with van der Waals surface area (Å²) >= 11 is 1.51. The van der Waals surface area contributed by atoms with Crippen molar-refractivity contribution < 1.29 is 8.42 Å². The lowest BCUT2D eigenvalue weighted by atomic mass is 10.2. The van der Waals surface area contributed by atoms with Gasteiger partial charge in [0.2, 0.25) is 0 Å². The number of aryl methyl sites for hydroxylation is 2. The minimum absolute atomic E-state index is 0.319. The first-order valence-electron chi connectivity index (χ1n) is 6.17. The topological polar surface area (TPSA) is 46.2 Å². The Morgan fingerprint density at radius 1 is 1.05 bits per heavy atom. The van der Waals surface area contributed by atoms with Crippen LogP contribution < -0.4 is 4.72 Å². The Morgan fingerprint density at radius 3 is 2.40 bits per heavy atom. The van der Waals surface area contributed by atoms with E-state index in [1.54, 1.807) is 12.1 Å². The van der Waals surface area contributed by atoms with Crippen LogP contribution in [0.15, 0.2) is 52.3 Å². The number of rotatable bonds is 4. The van der Waals surface area contributed by atoms with Crippen LogP contribution >= 0.6 is 11.8 Å². The van der Waals surface area contributed by atoms with Gasteiger partial charge in [-0.25, -0.2) is 8.42 Å². The number of para-hydroxylation sites is 1. The van der Waals surface area contributed by atoms with Crippen molar-refractivity contribution in [2.45, 2.75) is 23.6 Å². The molecule has 0 radical (unpaired) electrons. The van der Waals surface area contributed by atoms with E-state index in [4.69, 9.17) is 0 Å². The second-order valence-electron chi connectivity index (χ2n) is 4.57. The molecule has 0 unspecified atom stereocenters. The summed E-state index contributed by atoms with van der Waals surface area (Å²) < 4.78 is 27.6. The van der Waals surface area contributed by atoms with E-state index >= 15 is 0 Å². The first-order chi connectivity index (χ1) is 9.44. The van der Waals surface area contributed by atoms with Gasteiger partial charge in [-0.3, -0.25) is 4.72 Å². The molecule has 0 heterocycles. The Labute approximate surface area is 124 Å². The molecule has 0 aliphatic carbocycles. The molecule has 2 rings (SSSR count). The summed E-state index contributed by atoms with van der Waals surface area (Å²) in [6, 6.07) is 12.7. The molecule has 0 spiro atoms. The number of sulfonamides is 1. The molecule has 0 fully saturated rings. The van der Waals surface area contributed by atoms with Crippen molar-refractivity contribution in [1.82, 2.24) is 0 Å². The van der Waals surface area contributed by atoms with Gasteiger partial charge in [0.15, 0.2) is 0 Å². The van der Waals surface area contributed by atoms with Crippen LogP contribution in [0.25, 0.3) is 0 Å². The minimum Gasteiger partial charge on any atom is -0.278 e. The monoisotopic (exact) mass is 307 g/mol. The van der Waals surface area contributed by atoms with Crippen molar-refractivity contribution in [3.05, 3.63) is 53.6 Å². The molecule has 1 N–H and O–H groups in total. The molecule has 5 heteroatoms. The van der Waals surface area contributed by atoms with Gasteiger partial charge in [-0.2, -0.15) is 0 Å². The molecule has 0 atom stereocenters. The van der Waals surface area contributed by atoms with Crippen molar-refractivity contribution in [3.63, 3.8) is 0 Å². The van der Waals surface area contributed by atoms with Gasteiger partial charge in [0, 0.05) is 4.90 Å². The zero-order valence-electron chi connectivity index (χ0n) is 11.7. The fourth-order valence-electron chi connectivity index (χ4n) is 2.03. The van der Waals surface area contributed by atoms with Crippen LogP contribution in [0, 0.1) is 13.8 Å². The Bertz CT molecular complexity index is 724. The predicted molar refractivity (Wildman–Crippen MR) is 84.9 cm³/mol. The molecule has 2 aromatic carbocycles. The molecule has 0 amide bonds. The van der Waals surface area contributed by atoms with Crippen LogP contribution in [0.5, 0.6) is 0 Å². The van der Waals surface area contributed by atoms with Crippen LogP contribution in [0.2, 0.25) is 0 Å². The molecule has 3 nitrogen and oxygen atoms in total. The highest BCUT2D eigenvalue weighted by atomic mass is 32.2. The molecule has 0 aromatic heterocycles. The third-order valence-electron chi connectivity index (χ3n) is 2.97. The number of hydrogen-bond donors (Lipinski definition) is 1. The van der Waals surface area contributed by atoms with Gasteiger partial charge in [-0.15, -0.1) is 11.8 Å². The standard InChI is InChI=1S/C15H17NO2S2/c1-11-8-9-15(12(2)10-11)20(17,18)16-13-6-4-5-7-14(13)19-3/h4-10,16H,1-3H3. The first-order valence-corrected chi connectivity index (χ1v) is 8.88. The van der Waals surface area contributed by atoms with E-state index in [1.807, 2.05) is 50.4 Å². The van der Waals surface area contributed by atoms with E-state index in [1.165, 1.54) is 11.8 Å². The fourth-order valence-corrected chi connectivity index (χ4v) is 3.96. The maximum absolute atomic E-state index is 12.5. The molecule has 0 aliphatic heterocycles. The molecule has 0 bridgehead atoms. The normalized spacial score (nSPS) is 11.3. The highest BCUT2D eigenvalue weighted by Crippen LogP contribution is 2.27. The highest BCUT2D eigenvalue weighted by Gasteiger charge is 2.18. The average Bonchev–Trinajstić information content (AvgIpc) is 2.38. The summed E-state index contributed by atoms with van der Waals surface area (Å²) in [7, 11) is -3.56. The summed E-state index contributed by atoms with van der Waals surface area (Å²) in [6.45, 7) is 3.75. The van der Waals surface area contributed by atoms with Crippen LogP contribution in [0.1, 0.15) is 11.1 Å². The van der Waals surface area contributed by atoms with Crippen molar-refractivity contribution >= 4 is 27.5 Å². The maximum atomic E-state index is 12.5. The predicted octanol–water partition coefficient (Wildman–Crippen LogP) is 3.83. The minimum atomic E-state index is -3.56. The summed E-state index contributed by atoms with van der Waals surface area (Å²) in [6.07, 6.45) is 1.92. The van der Waals surface area contributed by atoms with Crippen LogP contribution in [0.3, 0.4) is 0 Å². The lowest BCUT2D eigenvalue weighted by molar-refractivity contribution is 0.600. The molecule has 0 aliphatic rings. The Kier molecular flexibility index (Phi) is 4.40. The van der Waals surface area contributed by atoms with Gasteiger partial charge in [0.05, 0.1) is 10.6 Å². The number of thioether (sulfide) groups is 1. The van der Waals surface area contributed by atoms with E-state index in [2.05, 4.69) is 4.72 Å². The van der Waals surface area contributed by atoms with Crippen molar-refractivity contribution in [1.29, 1.82) is 0 Å². The molecule has 20 heavy (non-hydrogen) atoms. The maximum Gasteiger partial charge on any atom is 0.262 e. The number of nitrogens with one attached hydrogen (secondary N) is 1. The molecular weight excluding hydrogens is 290 g/mol. The summed E-state index contributed by atoms with van der Waals surface area (Å²) in [5.41, 5.74) is 2.41. The van der Waals surface area contributed by atoms with Gasteiger partial charge < -0.3 is 0 Å². The second kappa shape index (κ2) is 5.89. The number of hydrogen-bond acceptors (Lipinski definition) is 3. The highest BCUT2D eigenvalue weighted by molar-refractivity contribution is 7.99. The number of benzene rings is 2. The summed E-state index contributed by atoms with van der Waals surface area (Å²) in [5.74, 6) is 0. The average molecular weight is 307 g/mol.